The van der Waals surface area contributed by atoms with E-state index in [9.17, 15) is 9.59 Å². The minimum Gasteiger partial charge on any atom is -0.478 e. The van der Waals surface area contributed by atoms with Crippen LogP contribution < -0.4 is 0 Å². The second-order valence-corrected chi connectivity index (χ2v) is 7.13. The highest BCUT2D eigenvalue weighted by molar-refractivity contribution is 6.60. The summed E-state index contributed by atoms with van der Waals surface area (Å²) in [5.41, 5.74) is 0.0792. The van der Waals surface area contributed by atoms with Gasteiger partial charge in [0.1, 0.15) is 6.61 Å². The maximum atomic E-state index is 11.7. The van der Waals surface area contributed by atoms with E-state index in [0.29, 0.717) is 12.5 Å². The van der Waals surface area contributed by atoms with Crippen molar-refractivity contribution in [2.45, 2.75) is 18.9 Å². The topological polar surface area (TPSA) is 91.3 Å². The van der Waals surface area contributed by atoms with Gasteiger partial charge in [-0.25, -0.2) is 9.59 Å². The van der Waals surface area contributed by atoms with Crippen LogP contribution in [0, 0.1) is 0 Å². The summed E-state index contributed by atoms with van der Waals surface area (Å²) in [6.45, 7) is 3.45. The summed E-state index contributed by atoms with van der Waals surface area (Å²) < 4.78 is 20.6. The third kappa shape index (κ3) is 7.18. The third-order valence-corrected chi connectivity index (χ3v) is 5.59. The number of hydrogen-bond donors (Lipinski definition) is 1. The molecule has 0 spiro atoms. The monoisotopic (exact) mass is 318 g/mol. The molecule has 0 saturated carbocycles. The van der Waals surface area contributed by atoms with E-state index in [1.807, 2.05) is 0 Å². The molecule has 120 valence electrons. The molecule has 0 amide bonds. The standard InChI is InChI=1S/C13H22O7Si/c1-5-8-20-13(16)11(10-12(14)15)7-6-9-21(17-2,18-3)19-4/h5,10H,1,6-9H2,2-4H3,(H,14,15). The largest absolute Gasteiger partial charge is 0.500 e. The van der Waals surface area contributed by atoms with Crippen molar-refractivity contribution < 1.29 is 32.7 Å². The number of carbonyl (C=O) groups excluding carboxylic acids is 1. The van der Waals surface area contributed by atoms with E-state index in [1.165, 1.54) is 27.4 Å². The summed E-state index contributed by atoms with van der Waals surface area (Å²) in [7, 11) is 1.75. The lowest BCUT2D eigenvalue weighted by Gasteiger charge is -2.24. The lowest BCUT2D eigenvalue weighted by molar-refractivity contribution is -0.139. The Morgan fingerprint density at radius 1 is 1.19 bits per heavy atom. The molecule has 7 nitrogen and oxygen atoms in total. The summed E-state index contributed by atoms with van der Waals surface area (Å²) >= 11 is 0. The molecule has 0 rings (SSSR count). The smallest absolute Gasteiger partial charge is 0.478 e. The first kappa shape index (κ1) is 19.5. The molecule has 0 atom stereocenters. The summed E-state index contributed by atoms with van der Waals surface area (Å²) in [4.78, 5) is 22.5. The van der Waals surface area contributed by atoms with Crippen molar-refractivity contribution in [1.82, 2.24) is 0 Å². The zero-order valence-corrected chi connectivity index (χ0v) is 13.6. The number of carbonyl (C=O) groups is 2. The molecule has 0 aromatic rings. The molecular formula is C13H22O7Si. The molecule has 0 saturated heterocycles. The van der Waals surface area contributed by atoms with Gasteiger partial charge in [0.05, 0.1) is 0 Å². The number of hydrogen-bond acceptors (Lipinski definition) is 6. The summed E-state index contributed by atoms with van der Waals surface area (Å²) in [6.07, 6.45) is 2.97. The highest BCUT2D eigenvalue weighted by atomic mass is 28.4. The van der Waals surface area contributed by atoms with Gasteiger partial charge in [0, 0.05) is 39.0 Å². The van der Waals surface area contributed by atoms with Gasteiger partial charge in [-0.15, -0.1) is 0 Å². The van der Waals surface area contributed by atoms with Crippen LogP contribution in [-0.4, -0.2) is 53.8 Å². The quantitative estimate of drug-likeness (QED) is 0.266. The highest BCUT2D eigenvalue weighted by Gasteiger charge is 2.37. The molecule has 0 aromatic heterocycles. The second-order valence-electron chi connectivity index (χ2n) is 4.04. The molecule has 0 aliphatic carbocycles. The Balaban J connectivity index is 4.67. The Morgan fingerprint density at radius 3 is 2.19 bits per heavy atom. The molecule has 0 radical (unpaired) electrons. The molecular weight excluding hydrogens is 296 g/mol. The van der Waals surface area contributed by atoms with Gasteiger partial charge in [0.25, 0.3) is 0 Å². The summed E-state index contributed by atoms with van der Waals surface area (Å²) in [5, 5.41) is 8.79. The second kappa shape index (κ2) is 10.3. The molecule has 0 heterocycles. The van der Waals surface area contributed by atoms with Crippen LogP contribution in [0.5, 0.6) is 0 Å². The van der Waals surface area contributed by atoms with Crippen LogP contribution in [-0.2, 0) is 27.6 Å². The average Bonchev–Trinajstić information content (AvgIpc) is 2.48. The normalized spacial score (nSPS) is 12.0. The Hall–Kier alpha value is -1.48. The predicted octanol–water partition coefficient (Wildman–Crippen LogP) is 1.38. The van der Waals surface area contributed by atoms with Gasteiger partial charge in [0.2, 0.25) is 0 Å². The van der Waals surface area contributed by atoms with Gasteiger partial charge in [-0.1, -0.05) is 12.7 Å². The van der Waals surface area contributed by atoms with E-state index in [4.69, 9.17) is 23.1 Å². The zero-order chi connectivity index (χ0) is 16.3. The van der Waals surface area contributed by atoms with E-state index in [-0.39, 0.29) is 18.6 Å². The lowest BCUT2D eigenvalue weighted by atomic mass is 10.1. The van der Waals surface area contributed by atoms with E-state index < -0.39 is 20.7 Å². The fourth-order valence-corrected chi connectivity index (χ4v) is 3.38. The lowest BCUT2D eigenvalue weighted by Crippen LogP contribution is -2.42. The number of aliphatic carboxylic acids is 1. The first-order valence-electron chi connectivity index (χ1n) is 6.31. The number of ether oxygens (including phenoxy) is 1. The molecule has 21 heavy (non-hydrogen) atoms. The van der Waals surface area contributed by atoms with Crippen molar-refractivity contribution in [3.05, 3.63) is 24.3 Å². The molecule has 0 unspecified atom stereocenters. The zero-order valence-electron chi connectivity index (χ0n) is 12.6. The number of carboxylic acids is 1. The Bertz CT molecular complexity index is 380. The van der Waals surface area contributed by atoms with Crippen molar-refractivity contribution >= 4 is 20.7 Å². The van der Waals surface area contributed by atoms with Crippen LogP contribution in [0.1, 0.15) is 12.8 Å². The number of rotatable bonds is 11. The minimum atomic E-state index is -2.73. The summed E-state index contributed by atoms with van der Waals surface area (Å²) in [6, 6.07) is 0.461. The van der Waals surface area contributed by atoms with E-state index in [2.05, 4.69) is 6.58 Å². The fraction of sp³-hybridized carbons (Fsp3) is 0.538. The van der Waals surface area contributed by atoms with E-state index in [1.54, 1.807) is 0 Å². The first-order chi connectivity index (χ1) is 9.94. The fourth-order valence-electron chi connectivity index (χ4n) is 1.66. The minimum absolute atomic E-state index is 0.0304. The van der Waals surface area contributed by atoms with Gasteiger partial charge in [0.15, 0.2) is 0 Å². The maximum Gasteiger partial charge on any atom is 0.500 e. The molecule has 1 N–H and O–H groups in total. The van der Waals surface area contributed by atoms with E-state index >= 15 is 0 Å². The van der Waals surface area contributed by atoms with E-state index in [0.717, 1.165) is 6.08 Å². The van der Waals surface area contributed by atoms with Gasteiger partial charge in [-0.3, -0.25) is 0 Å². The van der Waals surface area contributed by atoms with Crippen molar-refractivity contribution in [3.63, 3.8) is 0 Å². The first-order valence-corrected chi connectivity index (χ1v) is 8.24. The molecule has 8 heteroatoms. The predicted molar refractivity (Wildman–Crippen MR) is 77.7 cm³/mol. The van der Waals surface area contributed by atoms with Gasteiger partial charge < -0.3 is 23.1 Å². The van der Waals surface area contributed by atoms with Crippen LogP contribution in [0.15, 0.2) is 24.3 Å². The molecule has 0 aromatic carbocycles. The summed E-state index contributed by atoms with van der Waals surface area (Å²) in [5.74, 6) is -1.87. The van der Waals surface area contributed by atoms with Crippen molar-refractivity contribution in [1.29, 1.82) is 0 Å². The van der Waals surface area contributed by atoms with Crippen molar-refractivity contribution in [2.24, 2.45) is 0 Å². The van der Waals surface area contributed by atoms with Crippen molar-refractivity contribution in [3.8, 4) is 0 Å². The molecule has 0 fully saturated rings. The molecule has 0 aliphatic rings. The molecule has 0 aliphatic heterocycles. The number of carboxylic acid groups (broad SMARTS) is 1. The SMILES string of the molecule is C=CCOC(=O)C(=CC(=O)O)CCC[Si](OC)(OC)OC. The maximum absolute atomic E-state index is 11.7. The van der Waals surface area contributed by atoms with Crippen LogP contribution >= 0.6 is 0 Å². The Kier molecular flexibility index (Phi) is 9.55. The van der Waals surface area contributed by atoms with Crippen LogP contribution in [0.2, 0.25) is 6.04 Å². The highest BCUT2D eigenvalue weighted by Crippen LogP contribution is 2.19. The Labute approximate surface area is 125 Å². The van der Waals surface area contributed by atoms with Crippen LogP contribution in [0.3, 0.4) is 0 Å². The molecule has 0 bridgehead atoms. The van der Waals surface area contributed by atoms with Gasteiger partial charge in [-0.05, 0) is 12.8 Å². The van der Waals surface area contributed by atoms with Gasteiger partial charge >= 0.3 is 20.7 Å². The van der Waals surface area contributed by atoms with Gasteiger partial charge in [-0.2, -0.15) is 0 Å². The number of esters is 1. The van der Waals surface area contributed by atoms with Crippen LogP contribution in [0.25, 0.3) is 0 Å². The third-order valence-electron chi connectivity index (χ3n) is 2.75. The average molecular weight is 318 g/mol. The van der Waals surface area contributed by atoms with Crippen molar-refractivity contribution in [2.75, 3.05) is 27.9 Å². The Morgan fingerprint density at radius 2 is 1.76 bits per heavy atom. The van der Waals surface area contributed by atoms with Crippen LogP contribution in [0.4, 0.5) is 0 Å².